The van der Waals surface area contributed by atoms with Gasteiger partial charge in [-0.15, -0.1) is 0 Å². The zero-order valence-corrected chi connectivity index (χ0v) is 12.1. The normalized spacial score (nSPS) is 11.0. The van der Waals surface area contributed by atoms with Gasteiger partial charge in [0.25, 0.3) is 0 Å². The smallest absolute Gasteiger partial charge is 0.165 e. The molecule has 0 bridgehead atoms. The molecule has 2 aromatic rings. The third-order valence-electron chi connectivity index (χ3n) is 2.76. The Hall–Kier alpha value is -1.52. The summed E-state index contributed by atoms with van der Waals surface area (Å²) in [6.45, 7) is 4.80. The number of aromatic nitrogens is 2. The van der Waals surface area contributed by atoms with Crippen LogP contribution >= 0.6 is 11.6 Å². The van der Waals surface area contributed by atoms with Gasteiger partial charge < -0.3 is 10.1 Å². The summed E-state index contributed by atoms with van der Waals surface area (Å²) in [5.74, 6) is 1.47. The highest BCUT2D eigenvalue weighted by Crippen LogP contribution is 2.30. The molecule has 0 aliphatic heterocycles. The van der Waals surface area contributed by atoms with Crippen molar-refractivity contribution in [2.75, 3.05) is 7.05 Å². The number of rotatable bonds is 5. The maximum absolute atomic E-state index is 6.19. The molecule has 0 unspecified atom stereocenters. The van der Waals surface area contributed by atoms with Gasteiger partial charge in [0, 0.05) is 23.2 Å². The third kappa shape index (κ3) is 3.28. The molecule has 2 rings (SSSR count). The number of ether oxygens (including phenoxy) is 1. The van der Waals surface area contributed by atoms with E-state index in [1.165, 1.54) is 0 Å². The first kappa shape index (κ1) is 13.9. The maximum Gasteiger partial charge on any atom is 0.165 e. The molecule has 0 spiro atoms. The lowest BCUT2D eigenvalue weighted by molar-refractivity contribution is 0.469. The van der Waals surface area contributed by atoms with Crippen LogP contribution in [0.1, 0.15) is 25.5 Å². The lowest BCUT2D eigenvalue weighted by Gasteiger charge is -2.11. The lowest BCUT2D eigenvalue weighted by atomic mass is 10.2. The molecule has 0 radical (unpaired) electrons. The predicted octanol–water partition coefficient (Wildman–Crippen LogP) is 3.63. The molecular formula is C14H18ClN3O. The molecule has 0 saturated carbocycles. The summed E-state index contributed by atoms with van der Waals surface area (Å²) in [4.78, 5) is 0. The van der Waals surface area contributed by atoms with Crippen molar-refractivity contribution in [3.63, 3.8) is 0 Å². The Morgan fingerprint density at radius 3 is 2.84 bits per heavy atom. The summed E-state index contributed by atoms with van der Waals surface area (Å²) in [6, 6.07) is 5.96. The van der Waals surface area contributed by atoms with Gasteiger partial charge in [-0.3, -0.25) is 4.68 Å². The highest BCUT2D eigenvalue weighted by atomic mass is 35.5. The minimum Gasteiger partial charge on any atom is -0.454 e. The second kappa shape index (κ2) is 6.08. The quantitative estimate of drug-likeness (QED) is 0.908. The van der Waals surface area contributed by atoms with Crippen molar-refractivity contribution in [2.24, 2.45) is 0 Å². The first-order chi connectivity index (χ1) is 9.11. The third-order valence-corrected chi connectivity index (χ3v) is 3.12. The fraction of sp³-hybridized carbons (Fsp3) is 0.357. The average molecular weight is 280 g/mol. The van der Waals surface area contributed by atoms with E-state index in [0.717, 1.165) is 11.3 Å². The topological polar surface area (TPSA) is 39.1 Å². The van der Waals surface area contributed by atoms with Crippen LogP contribution in [0.3, 0.4) is 0 Å². The maximum atomic E-state index is 6.19. The van der Waals surface area contributed by atoms with Crippen molar-refractivity contribution in [3.05, 3.63) is 41.2 Å². The minimum absolute atomic E-state index is 0.313. The number of nitrogens with zero attached hydrogens (tertiary/aromatic N) is 2. The van der Waals surface area contributed by atoms with E-state index in [0.29, 0.717) is 23.4 Å². The van der Waals surface area contributed by atoms with E-state index in [2.05, 4.69) is 24.3 Å². The van der Waals surface area contributed by atoms with E-state index in [9.17, 15) is 0 Å². The molecule has 1 aromatic heterocycles. The molecule has 0 amide bonds. The highest BCUT2D eigenvalue weighted by molar-refractivity contribution is 6.31. The molecule has 4 nitrogen and oxygen atoms in total. The Morgan fingerprint density at radius 2 is 2.21 bits per heavy atom. The zero-order valence-electron chi connectivity index (χ0n) is 11.4. The summed E-state index contributed by atoms with van der Waals surface area (Å²) >= 11 is 6.19. The predicted molar refractivity (Wildman–Crippen MR) is 76.9 cm³/mol. The summed E-state index contributed by atoms with van der Waals surface area (Å²) in [5, 5.41) is 8.04. The summed E-state index contributed by atoms with van der Waals surface area (Å²) in [5.41, 5.74) is 0.948. The number of hydrogen-bond acceptors (Lipinski definition) is 3. The lowest BCUT2D eigenvalue weighted by Crippen LogP contribution is -2.07. The zero-order chi connectivity index (χ0) is 13.8. The van der Waals surface area contributed by atoms with Crippen LogP contribution in [0, 0.1) is 0 Å². The van der Waals surface area contributed by atoms with Crippen LogP contribution in [0.5, 0.6) is 11.5 Å². The molecule has 102 valence electrons. The molecule has 1 aromatic carbocycles. The first-order valence-electron chi connectivity index (χ1n) is 6.26. The van der Waals surface area contributed by atoms with Gasteiger partial charge in [-0.2, -0.15) is 5.10 Å². The molecule has 1 heterocycles. The van der Waals surface area contributed by atoms with Crippen LogP contribution in [0.4, 0.5) is 0 Å². The number of benzene rings is 1. The number of nitrogens with one attached hydrogen (secondary N) is 1. The molecule has 19 heavy (non-hydrogen) atoms. The largest absolute Gasteiger partial charge is 0.454 e. The summed E-state index contributed by atoms with van der Waals surface area (Å²) in [6.07, 6.45) is 3.60. The van der Waals surface area contributed by atoms with Gasteiger partial charge in [0.05, 0.1) is 12.4 Å². The van der Waals surface area contributed by atoms with E-state index in [4.69, 9.17) is 16.3 Å². The molecule has 0 atom stereocenters. The fourth-order valence-electron chi connectivity index (χ4n) is 1.77. The van der Waals surface area contributed by atoms with Crippen molar-refractivity contribution in [1.82, 2.24) is 15.1 Å². The Bertz CT molecular complexity index is 551. The minimum atomic E-state index is 0.313. The molecule has 0 saturated heterocycles. The van der Waals surface area contributed by atoms with E-state index < -0.39 is 0 Å². The Labute approximate surface area is 118 Å². The van der Waals surface area contributed by atoms with Crippen LogP contribution in [0.25, 0.3) is 0 Å². The SMILES string of the molecule is CNCc1c(Cl)cccc1Oc1cnn(C(C)C)c1. The van der Waals surface area contributed by atoms with Crippen LogP contribution in [0.15, 0.2) is 30.6 Å². The van der Waals surface area contributed by atoms with Gasteiger partial charge in [-0.25, -0.2) is 0 Å². The van der Waals surface area contributed by atoms with Gasteiger partial charge in [-0.1, -0.05) is 17.7 Å². The number of halogens is 1. The molecule has 1 N–H and O–H groups in total. The average Bonchev–Trinajstić information content (AvgIpc) is 2.82. The first-order valence-corrected chi connectivity index (χ1v) is 6.63. The van der Waals surface area contributed by atoms with Crippen molar-refractivity contribution in [2.45, 2.75) is 26.4 Å². The van der Waals surface area contributed by atoms with Gasteiger partial charge in [0.1, 0.15) is 5.75 Å². The standard InChI is InChI=1S/C14H18ClN3O/c1-10(2)18-9-11(7-17-18)19-14-6-4-5-13(15)12(14)8-16-3/h4-7,9-10,16H,8H2,1-3H3. The summed E-state index contributed by atoms with van der Waals surface area (Å²) in [7, 11) is 1.88. The van der Waals surface area contributed by atoms with E-state index in [-0.39, 0.29) is 0 Å². The van der Waals surface area contributed by atoms with Gasteiger partial charge in [0.2, 0.25) is 0 Å². The second-order valence-electron chi connectivity index (χ2n) is 4.60. The van der Waals surface area contributed by atoms with Crippen molar-refractivity contribution in [3.8, 4) is 11.5 Å². The van der Waals surface area contributed by atoms with Gasteiger partial charge in [-0.05, 0) is 33.0 Å². The van der Waals surface area contributed by atoms with Crippen molar-refractivity contribution >= 4 is 11.6 Å². The van der Waals surface area contributed by atoms with Crippen LogP contribution in [-0.4, -0.2) is 16.8 Å². The van der Waals surface area contributed by atoms with Crippen LogP contribution in [0.2, 0.25) is 5.02 Å². The van der Waals surface area contributed by atoms with Crippen LogP contribution < -0.4 is 10.1 Å². The Kier molecular flexibility index (Phi) is 4.45. The van der Waals surface area contributed by atoms with E-state index >= 15 is 0 Å². The van der Waals surface area contributed by atoms with Crippen molar-refractivity contribution < 1.29 is 4.74 Å². The fourth-order valence-corrected chi connectivity index (χ4v) is 2.00. The van der Waals surface area contributed by atoms with Gasteiger partial charge in [0.15, 0.2) is 5.75 Å². The second-order valence-corrected chi connectivity index (χ2v) is 5.01. The van der Waals surface area contributed by atoms with Crippen LogP contribution in [-0.2, 0) is 6.54 Å². The molecule has 5 heteroatoms. The van der Waals surface area contributed by atoms with Crippen molar-refractivity contribution in [1.29, 1.82) is 0 Å². The molecule has 0 aliphatic rings. The number of hydrogen-bond donors (Lipinski definition) is 1. The molecular weight excluding hydrogens is 262 g/mol. The monoisotopic (exact) mass is 279 g/mol. The molecule has 0 fully saturated rings. The van der Waals surface area contributed by atoms with E-state index in [1.54, 1.807) is 6.20 Å². The summed E-state index contributed by atoms with van der Waals surface area (Å²) < 4.78 is 7.72. The van der Waals surface area contributed by atoms with Gasteiger partial charge >= 0.3 is 0 Å². The highest BCUT2D eigenvalue weighted by Gasteiger charge is 2.10. The molecule has 0 aliphatic carbocycles. The Morgan fingerprint density at radius 1 is 1.42 bits per heavy atom. The van der Waals surface area contributed by atoms with E-state index in [1.807, 2.05) is 36.1 Å². The Balaban J connectivity index is 2.24.